The van der Waals surface area contributed by atoms with Crippen LogP contribution in [0.15, 0.2) is 30.4 Å². The second-order valence-corrected chi connectivity index (χ2v) is 3.61. The highest BCUT2D eigenvalue weighted by atomic mass is 19.1. The van der Waals surface area contributed by atoms with Gasteiger partial charge in [-0.15, -0.1) is 0 Å². The predicted molar refractivity (Wildman–Crippen MR) is 62.2 cm³/mol. The standard InChI is InChI=1S/C12H15FN2O2/c1-9(2)8-17-7-6-14-12(16)10-4-3-5-11(13)15-10/h3-5H,1,6-8H2,2H3,(H,14,16). The van der Waals surface area contributed by atoms with E-state index in [1.54, 1.807) is 0 Å². The second-order valence-electron chi connectivity index (χ2n) is 3.61. The molecular formula is C12H15FN2O2. The molecule has 1 rings (SSSR count). The molecule has 1 N–H and O–H groups in total. The van der Waals surface area contributed by atoms with E-state index >= 15 is 0 Å². The van der Waals surface area contributed by atoms with E-state index in [-0.39, 0.29) is 5.69 Å². The van der Waals surface area contributed by atoms with Gasteiger partial charge in [0.2, 0.25) is 5.95 Å². The zero-order chi connectivity index (χ0) is 12.7. The van der Waals surface area contributed by atoms with Crippen molar-refractivity contribution >= 4 is 5.91 Å². The van der Waals surface area contributed by atoms with E-state index in [9.17, 15) is 9.18 Å². The lowest BCUT2D eigenvalue weighted by Gasteiger charge is -2.05. The lowest BCUT2D eigenvalue weighted by molar-refractivity contribution is 0.0921. The van der Waals surface area contributed by atoms with Crippen LogP contribution >= 0.6 is 0 Å². The van der Waals surface area contributed by atoms with Crippen molar-refractivity contribution in [1.82, 2.24) is 10.3 Å². The fraction of sp³-hybridized carbons (Fsp3) is 0.333. The van der Waals surface area contributed by atoms with Crippen LogP contribution in [0.2, 0.25) is 0 Å². The van der Waals surface area contributed by atoms with Gasteiger partial charge in [-0.3, -0.25) is 4.79 Å². The molecule has 0 aliphatic rings. The Kier molecular flexibility index (Phi) is 5.29. The molecule has 0 atom stereocenters. The third kappa shape index (κ3) is 5.21. The van der Waals surface area contributed by atoms with E-state index in [4.69, 9.17) is 4.74 Å². The molecule has 4 nitrogen and oxygen atoms in total. The quantitative estimate of drug-likeness (QED) is 0.464. The Bertz CT molecular complexity index is 407. The minimum absolute atomic E-state index is 0.0601. The Morgan fingerprint density at radius 2 is 2.35 bits per heavy atom. The molecule has 0 fully saturated rings. The lowest BCUT2D eigenvalue weighted by Crippen LogP contribution is -2.28. The number of rotatable bonds is 6. The Morgan fingerprint density at radius 3 is 3.00 bits per heavy atom. The maximum absolute atomic E-state index is 12.7. The maximum atomic E-state index is 12.7. The third-order valence-electron chi connectivity index (χ3n) is 1.83. The molecule has 0 unspecified atom stereocenters. The Morgan fingerprint density at radius 1 is 1.59 bits per heavy atom. The summed E-state index contributed by atoms with van der Waals surface area (Å²) in [5.41, 5.74) is 0.980. The number of pyridine rings is 1. The third-order valence-corrected chi connectivity index (χ3v) is 1.83. The van der Waals surface area contributed by atoms with Crippen molar-refractivity contribution in [2.75, 3.05) is 19.8 Å². The van der Waals surface area contributed by atoms with Crippen LogP contribution in [0.1, 0.15) is 17.4 Å². The summed E-state index contributed by atoms with van der Waals surface area (Å²) >= 11 is 0. The smallest absolute Gasteiger partial charge is 0.270 e. The summed E-state index contributed by atoms with van der Waals surface area (Å²) in [6.07, 6.45) is 0. The predicted octanol–water partition coefficient (Wildman–Crippen LogP) is 1.54. The zero-order valence-electron chi connectivity index (χ0n) is 9.70. The molecule has 5 heteroatoms. The average Bonchev–Trinajstić information content (AvgIpc) is 2.28. The van der Waals surface area contributed by atoms with Crippen molar-refractivity contribution in [1.29, 1.82) is 0 Å². The molecule has 1 aromatic heterocycles. The minimum Gasteiger partial charge on any atom is -0.375 e. The summed E-state index contributed by atoms with van der Waals surface area (Å²) < 4.78 is 17.9. The van der Waals surface area contributed by atoms with Crippen molar-refractivity contribution in [2.45, 2.75) is 6.92 Å². The summed E-state index contributed by atoms with van der Waals surface area (Å²) in [6.45, 7) is 6.74. The number of nitrogens with zero attached hydrogens (tertiary/aromatic N) is 1. The van der Waals surface area contributed by atoms with Crippen molar-refractivity contribution < 1.29 is 13.9 Å². The summed E-state index contributed by atoms with van der Waals surface area (Å²) in [4.78, 5) is 14.9. The lowest BCUT2D eigenvalue weighted by atomic mass is 10.3. The zero-order valence-corrected chi connectivity index (χ0v) is 9.70. The van der Waals surface area contributed by atoms with E-state index < -0.39 is 11.9 Å². The molecule has 0 spiro atoms. The van der Waals surface area contributed by atoms with E-state index in [0.29, 0.717) is 19.8 Å². The van der Waals surface area contributed by atoms with Gasteiger partial charge in [-0.1, -0.05) is 18.2 Å². The highest BCUT2D eigenvalue weighted by Crippen LogP contribution is 1.97. The fourth-order valence-corrected chi connectivity index (χ4v) is 1.11. The molecule has 0 saturated carbocycles. The number of amides is 1. The SMILES string of the molecule is C=C(C)COCCNC(=O)c1cccc(F)n1. The molecule has 1 aromatic rings. The van der Waals surface area contributed by atoms with Crippen molar-refractivity contribution in [3.05, 3.63) is 42.0 Å². The van der Waals surface area contributed by atoms with Crippen molar-refractivity contribution in [3.63, 3.8) is 0 Å². The molecular weight excluding hydrogens is 223 g/mol. The number of carbonyl (C=O) groups is 1. The number of hydrogen-bond donors (Lipinski definition) is 1. The van der Waals surface area contributed by atoms with Crippen LogP contribution in [-0.4, -0.2) is 30.6 Å². The van der Waals surface area contributed by atoms with E-state index in [1.807, 2.05) is 6.92 Å². The number of ether oxygens (including phenoxy) is 1. The Hall–Kier alpha value is -1.75. The normalized spacial score (nSPS) is 10.0. The van der Waals surface area contributed by atoms with E-state index in [1.165, 1.54) is 18.2 Å². The first-order valence-corrected chi connectivity index (χ1v) is 5.22. The average molecular weight is 238 g/mol. The minimum atomic E-state index is -0.670. The van der Waals surface area contributed by atoms with Crippen LogP contribution in [0.5, 0.6) is 0 Å². The Labute approximate surface area is 99.5 Å². The first-order chi connectivity index (χ1) is 8.09. The summed E-state index contributed by atoms with van der Waals surface area (Å²) in [5, 5.41) is 2.58. The van der Waals surface area contributed by atoms with Crippen LogP contribution in [0.3, 0.4) is 0 Å². The molecule has 0 radical (unpaired) electrons. The van der Waals surface area contributed by atoms with Crippen LogP contribution < -0.4 is 5.32 Å². The maximum Gasteiger partial charge on any atom is 0.270 e. The highest BCUT2D eigenvalue weighted by molar-refractivity contribution is 5.92. The first-order valence-electron chi connectivity index (χ1n) is 5.22. The van der Waals surface area contributed by atoms with Gasteiger partial charge in [0.15, 0.2) is 0 Å². The van der Waals surface area contributed by atoms with Crippen molar-refractivity contribution in [3.8, 4) is 0 Å². The molecule has 1 heterocycles. The van der Waals surface area contributed by atoms with Gasteiger partial charge in [0.05, 0.1) is 13.2 Å². The van der Waals surface area contributed by atoms with Gasteiger partial charge in [0.1, 0.15) is 5.69 Å². The van der Waals surface area contributed by atoms with Gasteiger partial charge in [-0.25, -0.2) is 4.98 Å². The number of halogens is 1. The summed E-state index contributed by atoms with van der Waals surface area (Å²) in [6, 6.07) is 4.08. The monoisotopic (exact) mass is 238 g/mol. The van der Waals surface area contributed by atoms with Crippen LogP contribution in [-0.2, 0) is 4.74 Å². The molecule has 17 heavy (non-hydrogen) atoms. The van der Waals surface area contributed by atoms with Gasteiger partial charge in [-0.2, -0.15) is 4.39 Å². The number of hydrogen-bond acceptors (Lipinski definition) is 3. The largest absolute Gasteiger partial charge is 0.375 e. The topological polar surface area (TPSA) is 51.2 Å². The first kappa shape index (κ1) is 13.3. The van der Waals surface area contributed by atoms with Gasteiger partial charge >= 0.3 is 0 Å². The molecule has 1 amide bonds. The van der Waals surface area contributed by atoms with Gasteiger partial charge in [0, 0.05) is 6.54 Å². The molecule has 0 aromatic carbocycles. The van der Waals surface area contributed by atoms with Crippen LogP contribution in [0.4, 0.5) is 4.39 Å². The number of nitrogens with one attached hydrogen (secondary N) is 1. The Balaban J connectivity index is 2.28. The molecule has 92 valence electrons. The summed E-state index contributed by atoms with van der Waals surface area (Å²) in [5.74, 6) is -1.08. The van der Waals surface area contributed by atoms with E-state index in [2.05, 4.69) is 16.9 Å². The van der Waals surface area contributed by atoms with Gasteiger partial charge in [-0.05, 0) is 19.1 Å². The van der Waals surface area contributed by atoms with Crippen LogP contribution in [0.25, 0.3) is 0 Å². The number of aromatic nitrogens is 1. The molecule has 0 aliphatic heterocycles. The van der Waals surface area contributed by atoms with Gasteiger partial charge in [0.25, 0.3) is 5.91 Å². The van der Waals surface area contributed by atoms with Crippen molar-refractivity contribution in [2.24, 2.45) is 0 Å². The molecule has 0 aliphatic carbocycles. The van der Waals surface area contributed by atoms with Crippen LogP contribution in [0, 0.1) is 5.95 Å². The van der Waals surface area contributed by atoms with Gasteiger partial charge < -0.3 is 10.1 Å². The molecule has 0 bridgehead atoms. The summed E-state index contributed by atoms with van der Waals surface area (Å²) in [7, 11) is 0. The highest BCUT2D eigenvalue weighted by Gasteiger charge is 2.06. The number of carbonyl (C=O) groups excluding carboxylic acids is 1. The molecule has 0 saturated heterocycles. The van der Waals surface area contributed by atoms with E-state index in [0.717, 1.165) is 5.57 Å². The second kappa shape index (κ2) is 6.75. The fourth-order valence-electron chi connectivity index (χ4n) is 1.11.